The largest absolute Gasteiger partial charge is 0.141 e. The lowest BCUT2D eigenvalue weighted by molar-refractivity contribution is 0.626. The Bertz CT molecular complexity index is 684. The zero-order valence-corrected chi connectivity index (χ0v) is 17.8. The third-order valence-electron chi connectivity index (χ3n) is 5.36. The maximum Gasteiger partial charge on any atom is 0.0906 e. The van der Waals surface area contributed by atoms with Crippen LogP contribution in [0, 0.1) is 0 Å². The minimum atomic E-state index is -0.160. The summed E-state index contributed by atoms with van der Waals surface area (Å²) in [6.07, 6.45) is 8.04. The molecule has 0 saturated heterocycles. The predicted molar refractivity (Wildman–Crippen MR) is 125 cm³/mol. The summed E-state index contributed by atoms with van der Waals surface area (Å²) >= 11 is 2.09. The van der Waals surface area contributed by atoms with E-state index in [2.05, 4.69) is 110 Å². The van der Waals surface area contributed by atoms with E-state index in [1.54, 1.807) is 0 Å². The van der Waals surface area contributed by atoms with Crippen molar-refractivity contribution in [3.63, 3.8) is 0 Å². The molecule has 0 saturated carbocycles. The lowest BCUT2D eigenvalue weighted by atomic mass is 9.84. The Hall–Kier alpha value is -1.99. The summed E-state index contributed by atoms with van der Waals surface area (Å²) in [5, 5.41) is 0. The average molecular weight is 389 g/mol. The number of hydrogen-bond acceptors (Lipinski definition) is 1. The Balaban J connectivity index is 1.91. The smallest absolute Gasteiger partial charge is 0.0906 e. The molecule has 0 nitrogen and oxygen atoms in total. The highest BCUT2D eigenvalue weighted by atomic mass is 32.2. The Morgan fingerprint density at radius 1 is 0.536 bits per heavy atom. The summed E-state index contributed by atoms with van der Waals surface area (Å²) < 4.78 is -0.160. The maximum absolute atomic E-state index is 2.29. The highest BCUT2D eigenvalue weighted by Crippen LogP contribution is 2.48. The van der Waals surface area contributed by atoms with Crippen LogP contribution < -0.4 is 0 Å². The van der Waals surface area contributed by atoms with Crippen molar-refractivity contribution in [1.82, 2.24) is 0 Å². The quantitative estimate of drug-likeness (QED) is 0.236. The molecule has 0 amide bonds. The van der Waals surface area contributed by atoms with Gasteiger partial charge in [0.1, 0.15) is 0 Å². The minimum absolute atomic E-state index is 0.160. The minimum Gasteiger partial charge on any atom is -0.141 e. The first-order valence-electron chi connectivity index (χ1n) is 10.7. The van der Waals surface area contributed by atoms with Crippen LogP contribution in [0.1, 0.15) is 62.1 Å². The Morgan fingerprint density at radius 3 is 1.36 bits per heavy atom. The number of benzene rings is 3. The van der Waals surface area contributed by atoms with E-state index < -0.39 is 0 Å². The van der Waals surface area contributed by atoms with Crippen molar-refractivity contribution in [2.45, 2.75) is 50.2 Å². The van der Waals surface area contributed by atoms with E-state index in [0.717, 1.165) is 0 Å². The second-order valence-electron chi connectivity index (χ2n) is 7.40. The summed E-state index contributed by atoms with van der Waals surface area (Å²) in [4.78, 5) is 0. The van der Waals surface area contributed by atoms with E-state index in [-0.39, 0.29) is 4.75 Å². The van der Waals surface area contributed by atoms with Crippen LogP contribution in [0.2, 0.25) is 0 Å². The summed E-state index contributed by atoms with van der Waals surface area (Å²) in [6, 6.07) is 33.1. The zero-order valence-electron chi connectivity index (χ0n) is 17.0. The number of thioether (sulfide) groups is 1. The van der Waals surface area contributed by atoms with Gasteiger partial charge in [-0.1, -0.05) is 130 Å². The van der Waals surface area contributed by atoms with Crippen molar-refractivity contribution >= 4 is 11.8 Å². The fourth-order valence-corrected chi connectivity index (χ4v) is 5.44. The molecular formula is C27H32S. The van der Waals surface area contributed by atoms with Crippen molar-refractivity contribution in [1.29, 1.82) is 0 Å². The molecule has 0 heterocycles. The van der Waals surface area contributed by atoms with Crippen molar-refractivity contribution < 1.29 is 0 Å². The Kier molecular flexibility index (Phi) is 8.23. The van der Waals surface area contributed by atoms with E-state index in [0.29, 0.717) is 0 Å². The standard InChI is InChI=1S/C27H32S/c1-2-3-4-5-6-16-23-28-27(24-17-10-7-11-18-24,25-19-12-8-13-20-25)26-21-14-9-15-22-26/h7-15,17-22H,2-6,16,23H2,1H3. The van der Waals surface area contributed by atoms with Gasteiger partial charge in [0, 0.05) is 0 Å². The van der Waals surface area contributed by atoms with E-state index in [4.69, 9.17) is 0 Å². The van der Waals surface area contributed by atoms with Crippen LogP contribution in [-0.2, 0) is 4.75 Å². The normalized spacial score (nSPS) is 11.5. The van der Waals surface area contributed by atoms with E-state index in [1.165, 1.54) is 61.0 Å². The fourth-order valence-electron chi connectivity index (χ4n) is 3.88. The van der Waals surface area contributed by atoms with Crippen LogP contribution in [0.3, 0.4) is 0 Å². The highest BCUT2D eigenvalue weighted by Gasteiger charge is 2.36. The van der Waals surface area contributed by atoms with Gasteiger partial charge in [0.15, 0.2) is 0 Å². The molecular weight excluding hydrogens is 356 g/mol. The van der Waals surface area contributed by atoms with Gasteiger partial charge in [0.05, 0.1) is 4.75 Å². The van der Waals surface area contributed by atoms with Gasteiger partial charge in [0.25, 0.3) is 0 Å². The molecule has 0 aliphatic rings. The molecule has 28 heavy (non-hydrogen) atoms. The molecule has 3 rings (SSSR count). The van der Waals surface area contributed by atoms with E-state index in [1.807, 2.05) is 0 Å². The number of hydrogen-bond donors (Lipinski definition) is 0. The summed E-state index contributed by atoms with van der Waals surface area (Å²) in [7, 11) is 0. The van der Waals surface area contributed by atoms with Crippen molar-refractivity contribution in [2.75, 3.05) is 5.75 Å². The van der Waals surface area contributed by atoms with Crippen molar-refractivity contribution in [2.24, 2.45) is 0 Å². The molecule has 0 aromatic heterocycles. The second-order valence-corrected chi connectivity index (χ2v) is 8.70. The highest BCUT2D eigenvalue weighted by molar-refractivity contribution is 8.00. The average Bonchev–Trinajstić information content (AvgIpc) is 2.78. The first kappa shape index (κ1) is 20.7. The summed E-state index contributed by atoms with van der Waals surface area (Å²) in [5.74, 6) is 1.17. The van der Waals surface area contributed by atoms with Gasteiger partial charge >= 0.3 is 0 Å². The third kappa shape index (κ3) is 5.08. The van der Waals surface area contributed by atoms with Crippen LogP contribution in [0.15, 0.2) is 91.0 Å². The zero-order chi connectivity index (χ0) is 19.5. The SMILES string of the molecule is CCCCCCCCSC(c1ccccc1)(c1ccccc1)c1ccccc1. The molecule has 0 fully saturated rings. The summed E-state index contributed by atoms with van der Waals surface area (Å²) in [5.41, 5.74) is 4.09. The first-order valence-corrected chi connectivity index (χ1v) is 11.7. The summed E-state index contributed by atoms with van der Waals surface area (Å²) in [6.45, 7) is 2.28. The molecule has 0 aliphatic heterocycles. The second kappa shape index (κ2) is 11.1. The molecule has 0 atom stereocenters. The van der Waals surface area contributed by atoms with Gasteiger partial charge < -0.3 is 0 Å². The molecule has 0 radical (unpaired) electrons. The van der Waals surface area contributed by atoms with Crippen LogP contribution in [0.25, 0.3) is 0 Å². The van der Waals surface area contributed by atoms with Gasteiger partial charge in [-0.15, -0.1) is 11.8 Å². The van der Waals surface area contributed by atoms with Crippen LogP contribution in [-0.4, -0.2) is 5.75 Å². The van der Waals surface area contributed by atoms with Crippen LogP contribution >= 0.6 is 11.8 Å². The molecule has 0 N–H and O–H groups in total. The lowest BCUT2D eigenvalue weighted by Gasteiger charge is -2.35. The Morgan fingerprint density at radius 2 is 0.929 bits per heavy atom. The van der Waals surface area contributed by atoms with Crippen LogP contribution in [0.4, 0.5) is 0 Å². The third-order valence-corrected chi connectivity index (χ3v) is 6.99. The molecule has 3 aromatic carbocycles. The predicted octanol–water partition coefficient (Wildman–Crippen LogP) is 8.07. The molecule has 146 valence electrons. The number of unbranched alkanes of at least 4 members (excludes halogenated alkanes) is 5. The molecule has 3 aromatic rings. The van der Waals surface area contributed by atoms with E-state index in [9.17, 15) is 0 Å². The Labute approximate surface area is 175 Å². The van der Waals surface area contributed by atoms with Gasteiger partial charge in [-0.25, -0.2) is 0 Å². The number of rotatable bonds is 11. The molecule has 0 unspecified atom stereocenters. The molecule has 0 spiro atoms. The van der Waals surface area contributed by atoms with Gasteiger partial charge in [0.2, 0.25) is 0 Å². The lowest BCUT2D eigenvalue weighted by Crippen LogP contribution is -2.26. The molecule has 0 aliphatic carbocycles. The van der Waals surface area contributed by atoms with E-state index >= 15 is 0 Å². The van der Waals surface area contributed by atoms with Crippen molar-refractivity contribution in [3.05, 3.63) is 108 Å². The van der Waals surface area contributed by atoms with Gasteiger partial charge in [-0.3, -0.25) is 0 Å². The van der Waals surface area contributed by atoms with Crippen molar-refractivity contribution in [3.8, 4) is 0 Å². The maximum atomic E-state index is 2.29. The van der Waals surface area contributed by atoms with Gasteiger partial charge in [-0.2, -0.15) is 0 Å². The van der Waals surface area contributed by atoms with Crippen LogP contribution in [0.5, 0.6) is 0 Å². The molecule has 0 bridgehead atoms. The topological polar surface area (TPSA) is 0 Å². The van der Waals surface area contributed by atoms with Gasteiger partial charge in [-0.05, 0) is 28.9 Å². The fraction of sp³-hybridized carbons (Fsp3) is 0.333. The first-order chi connectivity index (χ1) is 13.9. The molecule has 1 heteroatoms. The monoisotopic (exact) mass is 388 g/mol.